The van der Waals surface area contributed by atoms with Gasteiger partial charge in [-0.25, -0.2) is 0 Å². The van der Waals surface area contributed by atoms with Crippen molar-refractivity contribution < 1.29 is 9.53 Å². The van der Waals surface area contributed by atoms with Crippen molar-refractivity contribution >= 4 is 5.78 Å². The van der Waals surface area contributed by atoms with Crippen LogP contribution >= 0.6 is 0 Å². The summed E-state index contributed by atoms with van der Waals surface area (Å²) in [6.07, 6.45) is 3.67. The number of rotatable bonds is 0. The van der Waals surface area contributed by atoms with Gasteiger partial charge in [-0.05, 0) is 31.1 Å². The molecule has 2 atom stereocenters. The summed E-state index contributed by atoms with van der Waals surface area (Å²) in [5.41, 5.74) is 1.28. The first-order valence-corrected chi connectivity index (χ1v) is 6.30. The van der Waals surface area contributed by atoms with Crippen molar-refractivity contribution in [2.45, 2.75) is 59.5 Å². The van der Waals surface area contributed by atoms with E-state index in [2.05, 4.69) is 20.8 Å². The van der Waals surface area contributed by atoms with Crippen LogP contribution in [0.15, 0.2) is 11.3 Å². The van der Waals surface area contributed by atoms with E-state index in [1.807, 2.05) is 6.92 Å². The third-order valence-electron chi connectivity index (χ3n) is 3.88. The molecule has 0 radical (unpaired) electrons. The van der Waals surface area contributed by atoms with Crippen molar-refractivity contribution in [2.75, 3.05) is 0 Å². The predicted octanol–water partition coefficient (Wildman–Crippen LogP) is 3.46. The average Bonchev–Trinajstić information content (AvgIpc) is 2.15. The Kier molecular flexibility index (Phi) is 2.85. The SMILES string of the molecule is C[C@H]1CC(=O)C2=C(CC[C@H](C(C)(C)C)C2)O1. The summed E-state index contributed by atoms with van der Waals surface area (Å²) >= 11 is 0. The van der Waals surface area contributed by atoms with Gasteiger partial charge in [0.1, 0.15) is 11.9 Å². The second-order valence-corrected chi connectivity index (χ2v) is 6.26. The van der Waals surface area contributed by atoms with Crippen LogP contribution in [0.5, 0.6) is 0 Å². The fourth-order valence-electron chi connectivity index (χ4n) is 2.73. The lowest BCUT2D eigenvalue weighted by Crippen LogP contribution is -2.31. The Hall–Kier alpha value is -0.790. The molecule has 0 saturated heterocycles. The van der Waals surface area contributed by atoms with E-state index in [1.165, 1.54) is 0 Å². The van der Waals surface area contributed by atoms with E-state index in [0.717, 1.165) is 30.6 Å². The molecule has 0 amide bonds. The van der Waals surface area contributed by atoms with Gasteiger partial charge < -0.3 is 4.74 Å². The maximum absolute atomic E-state index is 12.0. The van der Waals surface area contributed by atoms with Crippen molar-refractivity contribution in [3.8, 4) is 0 Å². The second-order valence-electron chi connectivity index (χ2n) is 6.26. The second kappa shape index (κ2) is 3.90. The van der Waals surface area contributed by atoms with Gasteiger partial charge in [-0.2, -0.15) is 0 Å². The summed E-state index contributed by atoms with van der Waals surface area (Å²) in [4.78, 5) is 12.0. The molecule has 16 heavy (non-hydrogen) atoms. The molecule has 0 aromatic heterocycles. The molecule has 0 spiro atoms. The zero-order valence-corrected chi connectivity index (χ0v) is 10.8. The van der Waals surface area contributed by atoms with Gasteiger partial charge in [-0.1, -0.05) is 20.8 Å². The Labute approximate surface area is 98.1 Å². The average molecular weight is 222 g/mol. The monoisotopic (exact) mass is 222 g/mol. The fourth-order valence-corrected chi connectivity index (χ4v) is 2.73. The molecule has 0 unspecified atom stereocenters. The van der Waals surface area contributed by atoms with Crippen LogP contribution in [-0.4, -0.2) is 11.9 Å². The maximum Gasteiger partial charge on any atom is 0.165 e. The Morgan fingerprint density at radius 2 is 1.94 bits per heavy atom. The van der Waals surface area contributed by atoms with Crippen LogP contribution in [0.2, 0.25) is 0 Å². The largest absolute Gasteiger partial charge is 0.494 e. The van der Waals surface area contributed by atoms with Crippen molar-refractivity contribution in [2.24, 2.45) is 11.3 Å². The van der Waals surface area contributed by atoms with Gasteiger partial charge in [0.05, 0.1) is 0 Å². The standard InChI is InChI=1S/C14H22O2/c1-9-7-12(15)11-8-10(14(2,3)4)5-6-13(11)16-9/h9-10H,5-8H2,1-4H3/t9-,10-/m0/s1. The van der Waals surface area contributed by atoms with Gasteiger partial charge in [0.15, 0.2) is 5.78 Å². The van der Waals surface area contributed by atoms with Gasteiger partial charge in [0.25, 0.3) is 0 Å². The van der Waals surface area contributed by atoms with Crippen LogP contribution in [0.1, 0.15) is 53.4 Å². The molecule has 2 heteroatoms. The minimum atomic E-state index is 0.0810. The lowest BCUT2D eigenvalue weighted by molar-refractivity contribution is -0.120. The Balaban J connectivity index is 2.19. The number of ketones is 1. The van der Waals surface area contributed by atoms with Crippen molar-refractivity contribution in [1.82, 2.24) is 0 Å². The minimum Gasteiger partial charge on any atom is -0.494 e. The highest BCUT2D eigenvalue weighted by molar-refractivity contribution is 5.97. The Bertz CT molecular complexity index is 333. The quantitative estimate of drug-likeness (QED) is 0.627. The molecule has 0 fully saturated rings. The van der Waals surface area contributed by atoms with E-state index in [9.17, 15) is 4.79 Å². The van der Waals surface area contributed by atoms with Crippen molar-refractivity contribution in [3.05, 3.63) is 11.3 Å². The summed E-state index contributed by atoms with van der Waals surface area (Å²) < 4.78 is 5.78. The molecule has 1 heterocycles. The lowest BCUT2D eigenvalue weighted by atomic mass is 9.70. The molecular formula is C14H22O2. The van der Waals surface area contributed by atoms with Gasteiger partial charge in [-0.3, -0.25) is 4.79 Å². The van der Waals surface area contributed by atoms with Crippen LogP contribution in [0.4, 0.5) is 0 Å². The molecule has 0 aromatic rings. The van der Waals surface area contributed by atoms with E-state index in [1.54, 1.807) is 0 Å². The fraction of sp³-hybridized carbons (Fsp3) is 0.786. The van der Waals surface area contributed by atoms with E-state index in [-0.39, 0.29) is 6.10 Å². The van der Waals surface area contributed by atoms with Crippen LogP contribution in [0, 0.1) is 11.3 Å². The van der Waals surface area contributed by atoms with Crippen LogP contribution in [0.25, 0.3) is 0 Å². The molecule has 2 nitrogen and oxygen atoms in total. The number of carbonyl (C=O) groups is 1. The maximum atomic E-state index is 12.0. The Morgan fingerprint density at radius 3 is 2.56 bits per heavy atom. The first kappa shape index (κ1) is 11.7. The molecule has 0 aromatic carbocycles. The number of Topliss-reactive ketones (excluding diaryl/α,β-unsaturated/α-hetero) is 1. The molecule has 0 bridgehead atoms. The smallest absolute Gasteiger partial charge is 0.165 e. The number of hydrogen-bond donors (Lipinski definition) is 0. The van der Waals surface area contributed by atoms with E-state index < -0.39 is 0 Å². The zero-order valence-electron chi connectivity index (χ0n) is 10.8. The number of allylic oxidation sites excluding steroid dienone is 2. The highest BCUT2D eigenvalue weighted by Crippen LogP contribution is 2.42. The number of carbonyl (C=O) groups excluding carboxylic acids is 1. The first-order valence-electron chi connectivity index (χ1n) is 6.30. The van der Waals surface area contributed by atoms with Crippen LogP contribution in [-0.2, 0) is 9.53 Å². The van der Waals surface area contributed by atoms with Crippen LogP contribution < -0.4 is 0 Å². The molecule has 2 aliphatic rings. The van der Waals surface area contributed by atoms with E-state index >= 15 is 0 Å². The van der Waals surface area contributed by atoms with Crippen LogP contribution in [0.3, 0.4) is 0 Å². The number of hydrogen-bond acceptors (Lipinski definition) is 2. The normalized spacial score (nSPS) is 31.1. The first-order chi connectivity index (χ1) is 7.38. The zero-order chi connectivity index (χ0) is 11.9. The summed E-state index contributed by atoms with van der Waals surface area (Å²) in [6.45, 7) is 8.78. The summed E-state index contributed by atoms with van der Waals surface area (Å²) in [7, 11) is 0. The Morgan fingerprint density at radius 1 is 1.25 bits per heavy atom. The van der Waals surface area contributed by atoms with Crippen molar-refractivity contribution in [3.63, 3.8) is 0 Å². The van der Waals surface area contributed by atoms with E-state index in [4.69, 9.17) is 4.74 Å². The van der Waals surface area contributed by atoms with Gasteiger partial charge in [0.2, 0.25) is 0 Å². The molecular weight excluding hydrogens is 200 g/mol. The summed E-state index contributed by atoms with van der Waals surface area (Å²) in [5, 5.41) is 0. The number of ether oxygens (including phenoxy) is 1. The highest BCUT2D eigenvalue weighted by atomic mass is 16.5. The third kappa shape index (κ3) is 2.16. The molecule has 0 saturated carbocycles. The molecule has 1 aliphatic heterocycles. The summed E-state index contributed by atoms with van der Waals surface area (Å²) in [6, 6.07) is 0. The highest BCUT2D eigenvalue weighted by Gasteiger charge is 2.36. The van der Waals surface area contributed by atoms with Gasteiger partial charge >= 0.3 is 0 Å². The molecule has 2 rings (SSSR count). The van der Waals surface area contributed by atoms with Gasteiger partial charge in [-0.15, -0.1) is 0 Å². The topological polar surface area (TPSA) is 26.3 Å². The predicted molar refractivity (Wildman–Crippen MR) is 64.0 cm³/mol. The lowest BCUT2D eigenvalue weighted by Gasteiger charge is -2.38. The van der Waals surface area contributed by atoms with Gasteiger partial charge in [0, 0.05) is 18.4 Å². The van der Waals surface area contributed by atoms with E-state index in [0.29, 0.717) is 23.5 Å². The summed E-state index contributed by atoms with van der Waals surface area (Å²) in [5.74, 6) is 1.93. The molecule has 0 N–H and O–H groups in total. The third-order valence-corrected chi connectivity index (χ3v) is 3.88. The van der Waals surface area contributed by atoms with Crippen molar-refractivity contribution in [1.29, 1.82) is 0 Å². The molecule has 1 aliphatic carbocycles. The molecule has 90 valence electrons. The minimum absolute atomic E-state index is 0.0810.